The molecule has 2 nitrogen and oxygen atoms in total. The van der Waals surface area contributed by atoms with E-state index in [2.05, 4.69) is 18.2 Å². The average Bonchev–Trinajstić information content (AvgIpc) is 2.85. The van der Waals surface area contributed by atoms with Crippen molar-refractivity contribution in [3.8, 4) is 5.75 Å². The normalized spacial score (nSPS) is 20.7. The van der Waals surface area contributed by atoms with Gasteiger partial charge in [-0.05, 0) is 42.0 Å². The van der Waals surface area contributed by atoms with Crippen molar-refractivity contribution in [2.45, 2.75) is 10.1 Å². The van der Waals surface area contributed by atoms with E-state index >= 15 is 0 Å². The first-order chi connectivity index (χ1) is 12.8. The molecule has 26 heavy (non-hydrogen) atoms. The number of rotatable bonds is 1. The summed E-state index contributed by atoms with van der Waals surface area (Å²) in [6, 6.07) is 23.1. The molecule has 0 bridgehead atoms. The van der Waals surface area contributed by atoms with Gasteiger partial charge in [-0.1, -0.05) is 36.4 Å². The first kappa shape index (κ1) is 15.6. The van der Waals surface area contributed by atoms with Gasteiger partial charge in [-0.15, -0.1) is 11.8 Å². The van der Waals surface area contributed by atoms with Gasteiger partial charge in [0.15, 0.2) is 0 Å². The third kappa shape index (κ3) is 2.61. The predicted molar refractivity (Wildman–Crippen MR) is 103 cm³/mol. The zero-order chi connectivity index (χ0) is 17.5. The molecule has 0 N–H and O–H groups in total. The highest BCUT2D eigenvalue weighted by atomic mass is 32.2. The molecule has 0 unspecified atom stereocenters. The minimum atomic E-state index is -0.216. The Balaban J connectivity index is 1.70. The number of nitrogens with zero attached hydrogens (tertiary/aromatic N) is 1. The van der Waals surface area contributed by atoms with Crippen molar-refractivity contribution in [2.75, 3.05) is 6.61 Å². The minimum absolute atomic E-state index is 0.104. The largest absolute Gasteiger partial charge is 0.492 e. The summed E-state index contributed by atoms with van der Waals surface area (Å²) in [4.78, 5) is 6.18. The first-order valence-corrected chi connectivity index (χ1v) is 9.49. The summed E-state index contributed by atoms with van der Waals surface area (Å²) in [6.45, 7) is 0.568. The summed E-state index contributed by atoms with van der Waals surface area (Å²) in [5.41, 5.74) is 4.18. The second-order valence-corrected chi connectivity index (χ2v) is 7.65. The van der Waals surface area contributed by atoms with Crippen molar-refractivity contribution < 1.29 is 9.13 Å². The molecule has 0 saturated heterocycles. The minimum Gasteiger partial charge on any atom is -0.492 e. The lowest BCUT2D eigenvalue weighted by Gasteiger charge is -2.31. The maximum absolute atomic E-state index is 13.4. The lowest BCUT2D eigenvalue weighted by atomic mass is 9.88. The molecule has 0 aliphatic carbocycles. The molecule has 128 valence electrons. The molecule has 2 aliphatic rings. The summed E-state index contributed by atoms with van der Waals surface area (Å²) in [6.07, 6.45) is 0. The van der Waals surface area contributed by atoms with E-state index in [0.29, 0.717) is 6.61 Å². The highest BCUT2D eigenvalue weighted by molar-refractivity contribution is 7.99. The van der Waals surface area contributed by atoms with Crippen molar-refractivity contribution in [1.82, 2.24) is 0 Å². The van der Waals surface area contributed by atoms with Crippen LogP contribution >= 0.6 is 11.8 Å². The Morgan fingerprint density at radius 3 is 2.58 bits per heavy atom. The van der Waals surface area contributed by atoms with E-state index in [1.165, 1.54) is 12.1 Å². The summed E-state index contributed by atoms with van der Waals surface area (Å²) >= 11 is 1.78. The second-order valence-electron chi connectivity index (χ2n) is 6.47. The SMILES string of the molecule is Fc1ccc([C@H]2Sc3ccccc3N=C3c4ccccc4OC[C@@H]32)cc1. The van der Waals surface area contributed by atoms with Crippen LogP contribution in [0.5, 0.6) is 5.75 Å². The monoisotopic (exact) mass is 361 g/mol. The van der Waals surface area contributed by atoms with Crippen LogP contribution in [0.1, 0.15) is 16.4 Å². The van der Waals surface area contributed by atoms with Crippen molar-refractivity contribution in [1.29, 1.82) is 0 Å². The fraction of sp³-hybridized carbons (Fsp3) is 0.136. The molecule has 0 saturated carbocycles. The Bertz CT molecular complexity index is 999. The molecular weight excluding hydrogens is 345 g/mol. The van der Waals surface area contributed by atoms with Crippen LogP contribution in [0.15, 0.2) is 82.7 Å². The number of thioether (sulfide) groups is 1. The Labute approximate surface area is 155 Å². The third-order valence-corrected chi connectivity index (χ3v) is 6.31. The molecule has 4 heteroatoms. The maximum Gasteiger partial charge on any atom is 0.128 e. The number of hydrogen-bond acceptors (Lipinski definition) is 3. The van der Waals surface area contributed by atoms with E-state index in [1.54, 1.807) is 11.8 Å². The van der Waals surface area contributed by atoms with Crippen molar-refractivity contribution >= 4 is 23.2 Å². The number of ether oxygens (including phenoxy) is 1. The molecule has 0 aromatic heterocycles. The number of hydrogen-bond donors (Lipinski definition) is 0. The third-order valence-electron chi connectivity index (χ3n) is 4.86. The quantitative estimate of drug-likeness (QED) is 0.546. The van der Waals surface area contributed by atoms with Gasteiger partial charge in [0, 0.05) is 15.7 Å². The van der Waals surface area contributed by atoms with Gasteiger partial charge in [0.1, 0.15) is 11.6 Å². The van der Waals surface area contributed by atoms with Gasteiger partial charge in [0.25, 0.3) is 0 Å². The molecule has 2 heterocycles. The maximum atomic E-state index is 13.4. The second kappa shape index (κ2) is 6.29. The first-order valence-electron chi connectivity index (χ1n) is 8.61. The highest BCUT2D eigenvalue weighted by Gasteiger charge is 2.37. The summed E-state index contributed by atoms with van der Waals surface area (Å²) in [7, 11) is 0. The van der Waals surface area contributed by atoms with E-state index < -0.39 is 0 Å². The molecule has 0 amide bonds. The Morgan fingerprint density at radius 1 is 0.923 bits per heavy atom. The van der Waals surface area contributed by atoms with Crippen LogP contribution < -0.4 is 4.74 Å². The lowest BCUT2D eigenvalue weighted by molar-refractivity contribution is 0.271. The number of para-hydroxylation sites is 2. The molecule has 2 aliphatic heterocycles. The number of halogens is 1. The van der Waals surface area contributed by atoms with Gasteiger partial charge in [-0.25, -0.2) is 4.39 Å². The zero-order valence-electron chi connectivity index (χ0n) is 13.9. The Kier molecular flexibility index (Phi) is 3.79. The van der Waals surface area contributed by atoms with Crippen LogP contribution in [-0.4, -0.2) is 12.3 Å². The molecule has 3 aromatic rings. The van der Waals surface area contributed by atoms with Crippen LogP contribution in [0.25, 0.3) is 0 Å². The summed E-state index contributed by atoms with van der Waals surface area (Å²) < 4.78 is 19.5. The zero-order valence-corrected chi connectivity index (χ0v) is 14.7. The standard InChI is InChI=1S/C22H16FNOS/c23-15-11-9-14(10-12-15)22-17-13-25-19-7-3-1-5-16(19)21(17)24-18-6-2-4-8-20(18)26-22/h1-12,17,22H,13H2/t17-,22+/m0/s1. The molecule has 0 radical (unpaired) electrons. The van der Waals surface area contributed by atoms with E-state index in [-0.39, 0.29) is 17.0 Å². The molecule has 2 atom stereocenters. The van der Waals surface area contributed by atoms with Crippen LogP contribution in [0, 0.1) is 11.7 Å². The van der Waals surface area contributed by atoms with Gasteiger partial charge >= 0.3 is 0 Å². The number of fused-ring (bicyclic) bond motifs is 4. The molecule has 0 fully saturated rings. The van der Waals surface area contributed by atoms with E-state index in [1.807, 2.05) is 42.5 Å². The number of benzene rings is 3. The van der Waals surface area contributed by atoms with Crippen LogP contribution in [-0.2, 0) is 0 Å². The van der Waals surface area contributed by atoms with Crippen LogP contribution in [0.2, 0.25) is 0 Å². The summed E-state index contributed by atoms with van der Waals surface area (Å²) in [5, 5.41) is 0.117. The molecule has 3 aromatic carbocycles. The van der Waals surface area contributed by atoms with E-state index in [9.17, 15) is 4.39 Å². The van der Waals surface area contributed by atoms with Crippen LogP contribution in [0.4, 0.5) is 10.1 Å². The van der Waals surface area contributed by atoms with Crippen LogP contribution in [0.3, 0.4) is 0 Å². The van der Waals surface area contributed by atoms with Gasteiger partial charge in [-0.3, -0.25) is 4.99 Å². The Morgan fingerprint density at radius 2 is 1.69 bits per heavy atom. The van der Waals surface area contributed by atoms with Crippen molar-refractivity contribution in [3.05, 3.63) is 89.7 Å². The van der Waals surface area contributed by atoms with Crippen molar-refractivity contribution in [3.63, 3.8) is 0 Å². The number of aliphatic imine (C=N–C) groups is 1. The lowest BCUT2D eigenvalue weighted by Crippen LogP contribution is -2.31. The Hall–Kier alpha value is -2.59. The molecule has 0 spiro atoms. The van der Waals surface area contributed by atoms with Gasteiger partial charge in [0.2, 0.25) is 0 Å². The molecular formula is C22H16FNOS. The van der Waals surface area contributed by atoms with Gasteiger partial charge in [0.05, 0.1) is 23.9 Å². The fourth-order valence-electron chi connectivity index (χ4n) is 3.59. The highest BCUT2D eigenvalue weighted by Crippen LogP contribution is 2.50. The predicted octanol–water partition coefficient (Wildman–Crippen LogP) is 5.80. The van der Waals surface area contributed by atoms with Crippen molar-refractivity contribution in [2.24, 2.45) is 10.9 Å². The van der Waals surface area contributed by atoms with Gasteiger partial charge in [-0.2, -0.15) is 0 Å². The molecule has 5 rings (SSSR count). The van der Waals surface area contributed by atoms with E-state index in [4.69, 9.17) is 9.73 Å². The van der Waals surface area contributed by atoms with E-state index in [0.717, 1.165) is 33.2 Å². The fourth-order valence-corrected chi connectivity index (χ4v) is 4.92. The summed E-state index contributed by atoms with van der Waals surface area (Å²) in [5.74, 6) is 0.768. The van der Waals surface area contributed by atoms with Gasteiger partial charge < -0.3 is 4.74 Å². The average molecular weight is 361 g/mol. The topological polar surface area (TPSA) is 21.6 Å². The smallest absolute Gasteiger partial charge is 0.128 e.